The number of benzene rings is 2. The second kappa shape index (κ2) is 8.17. The molecule has 150 valence electrons. The van der Waals surface area contributed by atoms with Gasteiger partial charge in [-0.3, -0.25) is 9.59 Å². The molecular weight excluding hydrogens is 387 g/mol. The average Bonchev–Trinajstić information content (AvgIpc) is 2.66. The number of amides is 1. The largest absolute Gasteiger partial charge is 0.573 e. The predicted octanol–water partition coefficient (Wildman–Crippen LogP) is 3.37. The lowest BCUT2D eigenvalue weighted by atomic mass is 10.2. The third-order valence-electron chi connectivity index (χ3n) is 3.96. The van der Waals surface area contributed by atoms with Crippen molar-refractivity contribution in [2.24, 2.45) is 0 Å². The summed E-state index contributed by atoms with van der Waals surface area (Å²) in [5, 5.41) is 6.54. The third kappa shape index (κ3) is 5.01. The fourth-order valence-corrected chi connectivity index (χ4v) is 2.67. The Morgan fingerprint density at radius 1 is 1.10 bits per heavy atom. The number of nitrogens with zero attached hydrogens (tertiary/aromatic N) is 2. The second-order valence-electron chi connectivity index (χ2n) is 6.08. The summed E-state index contributed by atoms with van der Waals surface area (Å²) in [4.78, 5) is 24.7. The van der Waals surface area contributed by atoms with Crippen molar-refractivity contribution in [2.45, 2.75) is 19.8 Å². The molecule has 1 amide bonds. The molecule has 0 aliphatic rings. The molecule has 0 aliphatic heterocycles. The molecule has 3 rings (SSSR count). The number of carbonyl (C=O) groups excluding carboxylic acids is 1. The molecule has 9 heteroatoms. The minimum atomic E-state index is -4.86. The van der Waals surface area contributed by atoms with Crippen LogP contribution in [0, 0.1) is 6.92 Å². The van der Waals surface area contributed by atoms with Crippen molar-refractivity contribution >= 4 is 5.91 Å². The molecule has 3 aromatic rings. The lowest BCUT2D eigenvalue weighted by molar-refractivity contribution is -0.274. The van der Waals surface area contributed by atoms with Crippen molar-refractivity contribution in [3.8, 4) is 11.4 Å². The molecule has 0 aliphatic carbocycles. The smallest absolute Gasteiger partial charge is 0.405 e. The molecule has 6 nitrogen and oxygen atoms in total. The molecule has 2 aromatic carbocycles. The lowest BCUT2D eigenvalue weighted by Crippen LogP contribution is -2.32. The van der Waals surface area contributed by atoms with Crippen LogP contribution in [0.2, 0.25) is 0 Å². The van der Waals surface area contributed by atoms with Crippen molar-refractivity contribution in [2.75, 3.05) is 0 Å². The van der Waals surface area contributed by atoms with Crippen LogP contribution in [0.4, 0.5) is 13.2 Å². The standard InChI is InChI=1S/C20H16F3N3O3/c1-13-11-16(27)18(25-26(13)15-8-3-2-4-9-15)19(28)24-12-14-7-5-6-10-17(14)29-20(21,22)23/h2-11H,12H2,1H3,(H,24,28). The number of carbonyl (C=O) groups is 1. The third-order valence-corrected chi connectivity index (χ3v) is 3.96. The fraction of sp³-hybridized carbons (Fsp3) is 0.150. The van der Waals surface area contributed by atoms with Gasteiger partial charge in [0.15, 0.2) is 5.69 Å². The summed E-state index contributed by atoms with van der Waals surface area (Å²) in [5.41, 5.74) is 0.332. The van der Waals surface area contributed by atoms with Gasteiger partial charge in [0, 0.05) is 23.9 Å². The Labute approximate surface area is 163 Å². The van der Waals surface area contributed by atoms with E-state index < -0.39 is 23.4 Å². The molecule has 0 unspecified atom stereocenters. The van der Waals surface area contributed by atoms with E-state index in [-0.39, 0.29) is 17.8 Å². The maximum atomic E-state index is 12.5. The number of alkyl halides is 3. The van der Waals surface area contributed by atoms with Gasteiger partial charge in [0.25, 0.3) is 5.91 Å². The van der Waals surface area contributed by atoms with E-state index in [1.807, 2.05) is 6.07 Å². The van der Waals surface area contributed by atoms with Crippen LogP contribution in [0.3, 0.4) is 0 Å². The van der Waals surface area contributed by atoms with Crippen molar-refractivity contribution in [3.05, 3.63) is 87.8 Å². The molecule has 0 saturated carbocycles. The van der Waals surface area contributed by atoms with E-state index in [2.05, 4.69) is 15.2 Å². The Morgan fingerprint density at radius 3 is 2.45 bits per heavy atom. The monoisotopic (exact) mass is 403 g/mol. The summed E-state index contributed by atoms with van der Waals surface area (Å²) in [6, 6.07) is 15.6. The molecule has 1 heterocycles. The molecule has 0 bridgehead atoms. The number of rotatable bonds is 5. The topological polar surface area (TPSA) is 73.2 Å². The summed E-state index contributed by atoms with van der Waals surface area (Å²) < 4.78 is 42.9. The maximum absolute atomic E-state index is 12.5. The Kier molecular flexibility index (Phi) is 5.67. The van der Waals surface area contributed by atoms with Crippen molar-refractivity contribution in [1.29, 1.82) is 0 Å². The second-order valence-corrected chi connectivity index (χ2v) is 6.08. The normalized spacial score (nSPS) is 11.2. The van der Waals surface area contributed by atoms with Gasteiger partial charge in [0.2, 0.25) is 5.43 Å². The zero-order chi connectivity index (χ0) is 21.0. The Morgan fingerprint density at radius 2 is 1.76 bits per heavy atom. The quantitative estimate of drug-likeness (QED) is 0.709. The van der Waals surface area contributed by atoms with Gasteiger partial charge in [0.1, 0.15) is 5.75 Å². The van der Waals surface area contributed by atoms with Gasteiger partial charge in [0.05, 0.1) is 5.69 Å². The van der Waals surface area contributed by atoms with Gasteiger partial charge < -0.3 is 10.1 Å². The van der Waals surface area contributed by atoms with Crippen molar-refractivity contribution < 1.29 is 22.7 Å². The fourth-order valence-electron chi connectivity index (χ4n) is 2.67. The highest BCUT2D eigenvalue weighted by Gasteiger charge is 2.32. The number of aromatic nitrogens is 2. The molecule has 1 N–H and O–H groups in total. The number of para-hydroxylation sites is 2. The number of aryl methyl sites for hydroxylation is 1. The number of nitrogens with one attached hydrogen (secondary N) is 1. The zero-order valence-electron chi connectivity index (χ0n) is 15.2. The van der Waals surface area contributed by atoms with Gasteiger partial charge in [-0.2, -0.15) is 5.10 Å². The Bertz CT molecular complexity index is 1080. The van der Waals surface area contributed by atoms with Crippen LogP contribution >= 0.6 is 0 Å². The number of hydrogen-bond acceptors (Lipinski definition) is 4. The minimum Gasteiger partial charge on any atom is -0.405 e. The average molecular weight is 403 g/mol. The molecule has 0 saturated heterocycles. The van der Waals surface area contributed by atoms with Crippen LogP contribution in [-0.4, -0.2) is 22.1 Å². The zero-order valence-corrected chi connectivity index (χ0v) is 15.2. The predicted molar refractivity (Wildman–Crippen MR) is 98.9 cm³/mol. The first-order chi connectivity index (χ1) is 13.7. The first-order valence-corrected chi connectivity index (χ1v) is 8.53. The van der Waals surface area contributed by atoms with Crippen molar-refractivity contribution in [3.63, 3.8) is 0 Å². The van der Waals surface area contributed by atoms with E-state index in [0.717, 1.165) is 6.07 Å². The highest BCUT2D eigenvalue weighted by molar-refractivity contribution is 5.92. The first-order valence-electron chi connectivity index (χ1n) is 8.53. The molecular formula is C20H16F3N3O3. The summed E-state index contributed by atoms with van der Waals surface area (Å²) in [7, 11) is 0. The summed E-state index contributed by atoms with van der Waals surface area (Å²) in [6.45, 7) is 1.40. The molecule has 0 atom stereocenters. The molecule has 0 radical (unpaired) electrons. The van der Waals surface area contributed by atoms with E-state index in [1.54, 1.807) is 31.2 Å². The van der Waals surface area contributed by atoms with E-state index in [4.69, 9.17) is 0 Å². The van der Waals surface area contributed by atoms with Crippen LogP contribution < -0.4 is 15.5 Å². The maximum Gasteiger partial charge on any atom is 0.573 e. The van der Waals surface area contributed by atoms with Crippen LogP contribution in [-0.2, 0) is 6.54 Å². The summed E-state index contributed by atoms with van der Waals surface area (Å²) >= 11 is 0. The van der Waals surface area contributed by atoms with Crippen molar-refractivity contribution in [1.82, 2.24) is 15.1 Å². The van der Waals surface area contributed by atoms with Gasteiger partial charge in [-0.1, -0.05) is 36.4 Å². The minimum absolute atomic E-state index is 0.105. The van der Waals surface area contributed by atoms with E-state index in [1.165, 1.54) is 28.9 Å². The molecule has 1 aromatic heterocycles. The molecule has 0 spiro atoms. The number of ether oxygens (including phenoxy) is 1. The molecule has 29 heavy (non-hydrogen) atoms. The number of hydrogen-bond donors (Lipinski definition) is 1. The van der Waals surface area contributed by atoms with Crippen LogP contribution in [0.1, 0.15) is 21.7 Å². The van der Waals surface area contributed by atoms with Crippen LogP contribution in [0.15, 0.2) is 65.5 Å². The first kappa shape index (κ1) is 20.1. The van der Waals surface area contributed by atoms with E-state index >= 15 is 0 Å². The Balaban J connectivity index is 1.83. The molecule has 0 fully saturated rings. The van der Waals surface area contributed by atoms with E-state index in [0.29, 0.717) is 11.4 Å². The van der Waals surface area contributed by atoms with Crippen LogP contribution in [0.25, 0.3) is 5.69 Å². The summed E-state index contributed by atoms with van der Waals surface area (Å²) in [5.74, 6) is -1.24. The lowest BCUT2D eigenvalue weighted by Gasteiger charge is -2.14. The van der Waals surface area contributed by atoms with Gasteiger partial charge in [-0.25, -0.2) is 4.68 Å². The highest BCUT2D eigenvalue weighted by Crippen LogP contribution is 2.26. The Hall–Kier alpha value is -3.62. The van der Waals surface area contributed by atoms with Crippen LogP contribution in [0.5, 0.6) is 5.75 Å². The highest BCUT2D eigenvalue weighted by atomic mass is 19.4. The van der Waals surface area contributed by atoms with E-state index in [9.17, 15) is 22.8 Å². The van der Waals surface area contributed by atoms with Gasteiger partial charge in [-0.15, -0.1) is 13.2 Å². The number of halogens is 3. The van der Waals surface area contributed by atoms with Gasteiger partial charge >= 0.3 is 6.36 Å². The summed E-state index contributed by atoms with van der Waals surface area (Å²) in [6.07, 6.45) is -4.86. The van der Waals surface area contributed by atoms with Gasteiger partial charge in [-0.05, 0) is 25.1 Å². The SMILES string of the molecule is Cc1cc(=O)c(C(=O)NCc2ccccc2OC(F)(F)F)nn1-c1ccccc1.